The smallest absolute Gasteiger partial charge is 0.272 e. The van der Waals surface area contributed by atoms with E-state index in [0.29, 0.717) is 28.3 Å². The topological polar surface area (TPSA) is 99.3 Å². The molecule has 1 aromatic heterocycles. The number of rotatable bonds is 3. The summed E-state index contributed by atoms with van der Waals surface area (Å²) in [6.07, 6.45) is 2.98. The predicted octanol–water partition coefficient (Wildman–Crippen LogP) is 3.22. The lowest BCUT2D eigenvalue weighted by molar-refractivity contribution is 0.101. The minimum absolute atomic E-state index is 0.00935. The van der Waals surface area contributed by atoms with Gasteiger partial charge >= 0.3 is 0 Å². The monoisotopic (exact) mass is 417 g/mol. The number of nitriles is 1. The van der Waals surface area contributed by atoms with E-state index in [0.717, 1.165) is 12.5 Å². The second kappa shape index (κ2) is 7.97. The fourth-order valence-electron chi connectivity index (χ4n) is 3.55. The molecular weight excluding hydrogens is 393 g/mol. The average Bonchev–Trinajstić information content (AvgIpc) is 2.95. The van der Waals surface area contributed by atoms with E-state index in [1.807, 2.05) is 0 Å². The van der Waals surface area contributed by atoms with Crippen LogP contribution in [0.15, 0.2) is 33.7 Å². The number of aryl methyl sites for hydroxylation is 1. The van der Waals surface area contributed by atoms with E-state index in [1.54, 1.807) is 23.9 Å². The third-order valence-electron chi connectivity index (χ3n) is 5.18. The second-order valence-corrected chi connectivity index (χ2v) is 9.50. The standard InChI is InChI=1S/C20H24FN5O2S/c1-12(2)17-8-6-15-18(29(28,23-3)25-17)11-26(4)19(15)20(27)24-14-5-7-16(21)13(9-14)10-22/h5,7,9,11-12,17H,6,8H2,1-4H3,(H,24,27)(H,23,25,28)/t17-,29?/m1/s1. The Morgan fingerprint density at radius 1 is 1.48 bits per heavy atom. The Bertz CT molecular complexity index is 1120. The van der Waals surface area contributed by atoms with Gasteiger partial charge in [-0.25, -0.2) is 17.7 Å². The lowest BCUT2D eigenvalue weighted by Crippen LogP contribution is -2.37. The minimum Gasteiger partial charge on any atom is -0.345 e. The van der Waals surface area contributed by atoms with Crippen LogP contribution < -0.4 is 10.0 Å². The molecule has 0 fully saturated rings. The lowest BCUT2D eigenvalue weighted by Gasteiger charge is -2.21. The van der Waals surface area contributed by atoms with Crippen LogP contribution in [0, 0.1) is 23.1 Å². The third-order valence-corrected chi connectivity index (χ3v) is 7.27. The molecule has 1 unspecified atom stereocenters. The molecule has 2 N–H and O–H groups in total. The van der Waals surface area contributed by atoms with Crippen LogP contribution in [-0.4, -0.2) is 27.8 Å². The van der Waals surface area contributed by atoms with Crippen molar-refractivity contribution in [3.05, 3.63) is 47.0 Å². The van der Waals surface area contributed by atoms with Crippen molar-refractivity contribution >= 4 is 21.5 Å². The quantitative estimate of drug-likeness (QED) is 0.802. The van der Waals surface area contributed by atoms with Crippen molar-refractivity contribution in [2.45, 2.75) is 37.6 Å². The van der Waals surface area contributed by atoms with Gasteiger partial charge < -0.3 is 9.88 Å². The Morgan fingerprint density at radius 2 is 2.21 bits per heavy atom. The molecule has 0 saturated heterocycles. The van der Waals surface area contributed by atoms with Gasteiger partial charge in [0.15, 0.2) is 0 Å². The number of nitrogens with zero attached hydrogens (tertiary/aromatic N) is 3. The van der Waals surface area contributed by atoms with Crippen LogP contribution in [0.25, 0.3) is 0 Å². The van der Waals surface area contributed by atoms with E-state index in [4.69, 9.17) is 5.26 Å². The largest absolute Gasteiger partial charge is 0.345 e. The fraction of sp³-hybridized carbons (Fsp3) is 0.400. The number of anilines is 1. The summed E-state index contributed by atoms with van der Waals surface area (Å²) in [4.78, 5) is 13.5. The summed E-state index contributed by atoms with van der Waals surface area (Å²) >= 11 is 0. The molecule has 1 aliphatic rings. The molecule has 0 radical (unpaired) electrons. The number of carbonyl (C=O) groups is 1. The molecule has 9 heteroatoms. The number of benzene rings is 1. The maximum atomic E-state index is 13.6. The van der Waals surface area contributed by atoms with E-state index in [1.165, 1.54) is 19.2 Å². The van der Waals surface area contributed by atoms with Gasteiger partial charge in [-0.3, -0.25) is 4.79 Å². The van der Waals surface area contributed by atoms with E-state index in [2.05, 4.69) is 28.2 Å². The van der Waals surface area contributed by atoms with E-state index < -0.39 is 21.6 Å². The number of nitrogens with one attached hydrogen (secondary N) is 2. The number of fused-ring (bicyclic) bond motifs is 1. The Balaban J connectivity index is 2.02. The summed E-state index contributed by atoms with van der Waals surface area (Å²) in [5, 5.41) is 11.7. The predicted molar refractivity (Wildman–Crippen MR) is 109 cm³/mol. The summed E-state index contributed by atoms with van der Waals surface area (Å²) in [6, 6.07) is 5.59. The highest BCUT2D eigenvalue weighted by Gasteiger charge is 2.32. The second-order valence-electron chi connectivity index (χ2n) is 7.41. The molecule has 2 aromatic rings. The number of halogens is 1. The first-order valence-electron chi connectivity index (χ1n) is 9.32. The first-order valence-corrected chi connectivity index (χ1v) is 10.8. The van der Waals surface area contributed by atoms with Crippen molar-refractivity contribution in [2.75, 3.05) is 12.4 Å². The van der Waals surface area contributed by atoms with E-state index in [9.17, 15) is 13.4 Å². The highest BCUT2D eigenvalue weighted by atomic mass is 32.2. The van der Waals surface area contributed by atoms with E-state index >= 15 is 0 Å². The summed E-state index contributed by atoms with van der Waals surface area (Å²) in [7, 11) is 0.362. The Labute approximate surface area is 170 Å². The molecule has 3 rings (SSSR count). The van der Waals surface area contributed by atoms with Crippen LogP contribution in [0.4, 0.5) is 10.1 Å². The number of carbonyl (C=O) groups excluding carboxylic acids is 1. The molecular formula is C20H24FN5O2S. The zero-order valence-electron chi connectivity index (χ0n) is 16.8. The van der Waals surface area contributed by atoms with Gasteiger partial charge in [0.05, 0.1) is 10.5 Å². The Morgan fingerprint density at radius 3 is 2.83 bits per heavy atom. The molecule has 7 nitrogen and oxygen atoms in total. The highest BCUT2D eigenvalue weighted by molar-refractivity contribution is 7.91. The summed E-state index contributed by atoms with van der Waals surface area (Å²) in [5.74, 6) is -0.797. The fourth-order valence-corrected chi connectivity index (χ4v) is 5.62. The molecule has 0 bridgehead atoms. The highest BCUT2D eigenvalue weighted by Crippen LogP contribution is 2.30. The summed E-state index contributed by atoms with van der Waals surface area (Å²) < 4.78 is 36.0. The van der Waals surface area contributed by atoms with Gasteiger partial charge in [-0.15, -0.1) is 0 Å². The zero-order valence-corrected chi connectivity index (χ0v) is 17.6. The maximum absolute atomic E-state index is 13.6. The number of aromatic nitrogens is 1. The molecule has 0 spiro atoms. The normalized spacial score (nSPS) is 21.2. The summed E-state index contributed by atoms with van der Waals surface area (Å²) in [5.41, 5.74) is 1.24. The molecule has 2 heterocycles. The van der Waals surface area contributed by atoms with Gasteiger partial charge in [-0.05, 0) is 37.0 Å². The van der Waals surface area contributed by atoms with Crippen LogP contribution in [0.2, 0.25) is 0 Å². The van der Waals surface area contributed by atoms with Crippen molar-refractivity contribution in [3.63, 3.8) is 0 Å². The van der Waals surface area contributed by atoms with Gasteiger partial charge in [-0.1, -0.05) is 13.8 Å². The van der Waals surface area contributed by atoms with Gasteiger partial charge in [0, 0.05) is 37.6 Å². The van der Waals surface area contributed by atoms with Gasteiger partial charge in [0.25, 0.3) is 5.91 Å². The van der Waals surface area contributed by atoms with Gasteiger partial charge in [-0.2, -0.15) is 5.26 Å². The molecule has 0 saturated carbocycles. The number of amides is 1. The van der Waals surface area contributed by atoms with Gasteiger partial charge in [0.2, 0.25) is 0 Å². The first-order chi connectivity index (χ1) is 13.7. The van der Waals surface area contributed by atoms with Crippen molar-refractivity contribution in [1.29, 1.82) is 5.26 Å². The van der Waals surface area contributed by atoms with Gasteiger partial charge in [0.1, 0.15) is 27.5 Å². The molecule has 1 amide bonds. The van der Waals surface area contributed by atoms with Crippen molar-refractivity contribution in [1.82, 2.24) is 9.29 Å². The van der Waals surface area contributed by atoms with Crippen LogP contribution in [0.1, 0.15) is 41.9 Å². The van der Waals surface area contributed by atoms with Crippen LogP contribution >= 0.6 is 0 Å². The minimum atomic E-state index is -2.86. The number of hydrogen-bond acceptors (Lipinski definition) is 4. The third kappa shape index (κ3) is 3.91. The van der Waals surface area contributed by atoms with Crippen molar-refractivity contribution in [2.24, 2.45) is 17.3 Å². The van der Waals surface area contributed by atoms with Crippen LogP contribution in [0.3, 0.4) is 0 Å². The lowest BCUT2D eigenvalue weighted by atomic mass is 9.97. The van der Waals surface area contributed by atoms with Crippen LogP contribution in [0.5, 0.6) is 0 Å². The van der Waals surface area contributed by atoms with Crippen LogP contribution in [-0.2, 0) is 23.4 Å². The van der Waals surface area contributed by atoms with E-state index in [-0.39, 0.29) is 17.5 Å². The molecule has 0 aliphatic carbocycles. The molecule has 1 aromatic carbocycles. The Kier molecular flexibility index (Phi) is 5.78. The maximum Gasteiger partial charge on any atom is 0.272 e. The molecule has 29 heavy (non-hydrogen) atoms. The average molecular weight is 418 g/mol. The molecule has 2 atom stereocenters. The molecule has 1 aliphatic heterocycles. The number of hydrogen-bond donors (Lipinski definition) is 2. The Hall–Kier alpha value is -2.70. The zero-order chi connectivity index (χ0) is 21.3. The van der Waals surface area contributed by atoms with Crippen molar-refractivity contribution in [3.8, 4) is 6.07 Å². The molecule has 154 valence electrons. The van der Waals surface area contributed by atoms with Crippen molar-refractivity contribution < 1.29 is 13.4 Å². The SMILES string of the molecule is CN=S1(=O)N[C@@H](C(C)C)CCc2c1cn(C)c2C(=O)Nc1ccc(F)c(C#N)c1. The first kappa shape index (κ1) is 21.0. The summed E-state index contributed by atoms with van der Waals surface area (Å²) in [6.45, 7) is 4.11.